The van der Waals surface area contributed by atoms with Crippen LogP contribution in [0.15, 0.2) is 42.7 Å². The van der Waals surface area contributed by atoms with Crippen LogP contribution in [0.3, 0.4) is 0 Å². The third-order valence-electron chi connectivity index (χ3n) is 2.80. The van der Waals surface area contributed by atoms with Gasteiger partial charge in [0.1, 0.15) is 0 Å². The van der Waals surface area contributed by atoms with Gasteiger partial charge >= 0.3 is 0 Å². The summed E-state index contributed by atoms with van der Waals surface area (Å²) in [5, 5.41) is 0. The number of pyridine rings is 1. The highest BCUT2D eigenvalue weighted by Gasteiger charge is 1.99. The summed E-state index contributed by atoms with van der Waals surface area (Å²) >= 11 is 0. The fourth-order valence-electron chi connectivity index (χ4n) is 1.83. The van der Waals surface area contributed by atoms with Gasteiger partial charge in [0.25, 0.3) is 0 Å². The molecule has 2 aromatic rings. The molecule has 1 aromatic carbocycles. The van der Waals surface area contributed by atoms with Crippen molar-refractivity contribution in [3.63, 3.8) is 0 Å². The number of hydrogen-bond donors (Lipinski definition) is 1. The molecule has 16 heavy (non-hydrogen) atoms. The summed E-state index contributed by atoms with van der Waals surface area (Å²) in [6, 6.07) is 10.2. The molecule has 0 saturated heterocycles. The summed E-state index contributed by atoms with van der Waals surface area (Å²) in [6.45, 7) is 2.11. The van der Waals surface area contributed by atoms with Crippen LogP contribution in [0.2, 0.25) is 0 Å². The first-order valence-corrected chi connectivity index (χ1v) is 5.49. The summed E-state index contributed by atoms with van der Waals surface area (Å²) in [6.07, 6.45) is 5.78. The average molecular weight is 212 g/mol. The smallest absolute Gasteiger partial charge is 0.0316 e. The first-order valence-electron chi connectivity index (χ1n) is 5.49. The van der Waals surface area contributed by atoms with Gasteiger partial charge in [0.15, 0.2) is 0 Å². The maximum Gasteiger partial charge on any atom is 0.0316 e. The van der Waals surface area contributed by atoms with E-state index in [4.69, 9.17) is 5.73 Å². The van der Waals surface area contributed by atoms with Gasteiger partial charge in [-0.05, 0) is 60.7 Å². The van der Waals surface area contributed by atoms with Gasteiger partial charge in [-0.3, -0.25) is 4.98 Å². The van der Waals surface area contributed by atoms with Crippen molar-refractivity contribution in [2.75, 3.05) is 5.73 Å². The van der Waals surface area contributed by atoms with E-state index in [1.54, 1.807) is 0 Å². The van der Waals surface area contributed by atoms with Gasteiger partial charge in [0.2, 0.25) is 0 Å². The maximum absolute atomic E-state index is 5.73. The predicted molar refractivity (Wildman–Crippen MR) is 67.2 cm³/mol. The van der Waals surface area contributed by atoms with Crippen molar-refractivity contribution >= 4 is 5.69 Å². The molecular weight excluding hydrogens is 196 g/mol. The molecule has 0 saturated carbocycles. The van der Waals surface area contributed by atoms with Crippen LogP contribution in [0.25, 0.3) is 0 Å². The van der Waals surface area contributed by atoms with E-state index in [0.717, 1.165) is 18.5 Å². The fraction of sp³-hybridized carbons (Fsp3) is 0.214. The lowest BCUT2D eigenvalue weighted by atomic mass is 10.0. The van der Waals surface area contributed by atoms with Crippen molar-refractivity contribution in [2.24, 2.45) is 0 Å². The van der Waals surface area contributed by atoms with E-state index in [9.17, 15) is 0 Å². The van der Waals surface area contributed by atoms with Crippen LogP contribution in [0, 0.1) is 6.92 Å². The van der Waals surface area contributed by atoms with Crippen molar-refractivity contribution in [3.8, 4) is 0 Å². The molecule has 2 rings (SSSR count). The van der Waals surface area contributed by atoms with Gasteiger partial charge in [-0.15, -0.1) is 0 Å². The Morgan fingerprint density at radius 1 is 1.06 bits per heavy atom. The Hall–Kier alpha value is -1.83. The molecule has 0 fully saturated rings. The summed E-state index contributed by atoms with van der Waals surface area (Å²) in [5.74, 6) is 0. The SMILES string of the molecule is Cc1cc(N)ccc1CCc1ccncc1. The van der Waals surface area contributed by atoms with E-state index in [1.165, 1.54) is 16.7 Å². The molecule has 0 amide bonds. The quantitative estimate of drug-likeness (QED) is 0.794. The van der Waals surface area contributed by atoms with Gasteiger partial charge in [0.05, 0.1) is 0 Å². The van der Waals surface area contributed by atoms with Crippen molar-refractivity contribution < 1.29 is 0 Å². The zero-order valence-corrected chi connectivity index (χ0v) is 9.48. The number of aromatic nitrogens is 1. The Balaban J connectivity index is 2.05. The van der Waals surface area contributed by atoms with E-state index >= 15 is 0 Å². The number of anilines is 1. The molecule has 2 heteroatoms. The second kappa shape index (κ2) is 4.79. The average Bonchev–Trinajstić information content (AvgIpc) is 2.29. The minimum atomic E-state index is 0.838. The van der Waals surface area contributed by atoms with Crippen molar-refractivity contribution in [2.45, 2.75) is 19.8 Å². The standard InChI is InChI=1S/C14H16N2/c1-11-10-14(15)5-4-13(11)3-2-12-6-8-16-9-7-12/h4-10H,2-3,15H2,1H3. The van der Waals surface area contributed by atoms with Crippen LogP contribution in [-0.4, -0.2) is 4.98 Å². The molecule has 82 valence electrons. The molecule has 0 radical (unpaired) electrons. The van der Waals surface area contributed by atoms with Crippen molar-refractivity contribution in [1.29, 1.82) is 0 Å². The summed E-state index contributed by atoms with van der Waals surface area (Å²) < 4.78 is 0. The second-order valence-electron chi connectivity index (χ2n) is 4.04. The number of rotatable bonds is 3. The molecule has 1 aromatic heterocycles. The van der Waals surface area contributed by atoms with E-state index in [1.807, 2.05) is 24.5 Å². The van der Waals surface area contributed by atoms with E-state index < -0.39 is 0 Å². The summed E-state index contributed by atoms with van der Waals surface area (Å²) in [5.41, 5.74) is 10.5. The Labute approximate surface area is 96.1 Å². The summed E-state index contributed by atoms with van der Waals surface area (Å²) in [7, 11) is 0. The largest absolute Gasteiger partial charge is 0.399 e. The van der Waals surface area contributed by atoms with Crippen molar-refractivity contribution in [3.05, 3.63) is 59.4 Å². The number of nitrogens with two attached hydrogens (primary N) is 1. The van der Waals surface area contributed by atoms with Crippen LogP contribution < -0.4 is 5.73 Å². The third-order valence-corrected chi connectivity index (χ3v) is 2.80. The number of nitrogen functional groups attached to an aromatic ring is 1. The molecule has 0 aliphatic rings. The molecule has 0 atom stereocenters. The molecule has 1 heterocycles. The van der Waals surface area contributed by atoms with Gasteiger partial charge in [-0.2, -0.15) is 0 Å². The van der Waals surface area contributed by atoms with E-state index in [-0.39, 0.29) is 0 Å². The molecule has 0 unspecified atom stereocenters. The monoisotopic (exact) mass is 212 g/mol. The van der Waals surface area contributed by atoms with Crippen molar-refractivity contribution in [1.82, 2.24) is 4.98 Å². The molecule has 0 spiro atoms. The minimum absolute atomic E-state index is 0.838. The normalized spacial score (nSPS) is 10.3. The van der Waals surface area contributed by atoms with Crippen LogP contribution in [0.4, 0.5) is 5.69 Å². The Morgan fingerprint density at radius 2 is 1.81 bits per heavy atom. The molecule has 0 aliphatic carbocycles. The maximum atomic E-state index is 5.73. The number of aryl methyl sites for hydroxylation is 3. The highest BCUT2D eigenvalue weighted by Crippen LogP contribution is 2.14. The number of nitrogens with zero attached hydrogens (tertiary/aromatic N) is 1. The Bertz CT molecular complexity index is 463. The molecule has 0 aliphatic heterocycles. The zero-order valence-electron chi connectivity index (χ0n) is 9.48. The third kappa shape index (κ3) is 2.60. The topological polar surface area (TPSA) is 38.9 Å². The lowest BCUT2D eigenvalue weighted by molar-refractivity contribution is 0.945. The number of hydrogen-bond acceptors (Lipinski definition) is 2. The van der Waals surface area contributed by atoms with Gasteiger partial charge in [0, 0.05) is 18.1 Å². The molecular formula is C14H16N2. The Morgan fingerprint density at radius 3 is 2.50 bits per heavy atom. The highest BCUT2D eigenvalue weighted by molar-refractivity contribution is 5.44. The van der Waals surface area contributed by atoms with Gasteiger partial charge in [-0.25, -0.2) is 0 Å². The molecule has 2 N–H and O–H groups in total. The van der Waals surface area contributed by atoms with Gasteiger partial charge in [-0.1, -0.05) is 6.07 Å². The lowest BCUT2D eigenvalue weighted by Gasteiger charge is -2.06. The lowest BCUT2D eigenvalue weighted by Crippen LogP contribution is -1.95. The van der Waals surface area contributed by atoms with Crippen LogP contribution in [-0.2, 0) is 12.8 Å². The minimum Gasteiger partial charge on any atom is -0.399 e. The van der Waals surface area contributed by atoms with Gasteiger partial charge < -0.3 is 5.73 Å². The number of benzene rings is 1. The summed E-state index contributed by atoms with van der Waals surface area (Å²) in [4.78, 5) is 4.01. The predicted octanol–water partition coefficient (Wildman–Crippen LogP) is 2.76. The van der Waals surface area contributed by atoms with Crippen LogP contribution >= 0.6 is 0 Å². The molecule has 0 bridgehead atoms. The fourth-order valence-corrected chi connectivity index (χ4v) is 1.83. The molecule has 2 nitrogen and oxygen atoms in total. The zero-order chi connectivity index (χ0) is 11.4. The Kier molecular flexibility index (Phi) is 3.20. The van der Waals surface area contributed by atoms with E-state index in [2.05, 4.69) is 30.1 Å². The first-order chi connectivity index (χ1) is 7.75. The van der Waals surface area contributed by atoms with E-state index in [0.29, 0.717) is 0 Å². The first kappa shape index (κ1) is 10.7. The second-order valence-corrected chi connectivity index (χ2v) is 4.04. The highest BCUT2D eigenvalue weighted by atomic mass is 14.6. The van der Waals surface area contributed by atoms with Crippen LogP contribution in [0.5, 0.6) is 0 Å². The van der Waals surface area contributed by atoms with Crippen LogP contribution in [0.1, 0.15) is 16.7 Å².